The Labute approximate surface area is 173 Å². The third-order valence-corrected chi connectivity index (χ3v) is 7.20. The number of benzene rings is 1. The maximum absolute atomic E-state index is 4.43. The van der Waals surface area contributed by atoms with Gasteiger partial charge in [-0.2, -0.15) is 0 Å². The van der Waals surface area contributed by atoms with Gasteiger partial charge in [0.05, 0.1) is 0 Å². The van der Waals surface area contributed by atoms with Crippen LogP contribution in [0, 0.1) is 5.41 Å². The zero-order valence-electron chi connectivity index (χ0n) is 17.2. The highest BCUT2D eigenvalue weighted by molar-refractivity contribution is 7.98. The smallest absolute Gasteiger partial charge is 0.187 e. The van der Waals surface area contributed by atoms with Crippen molar-refractivity contribution in [3.63, 3.8) is 0 Å². The molecule has 2 aliphatic heterocycles. The summed E-state index contributed by atoms with van der Waals surface area (Å²) in [6.07, 6.45) is 9.95. The lowest BCUT2D eigenvalue weighted by atomic mass is 9.68. The summed E-state index contributed by atoms with van der Waals surface area (Å²) in [6.45, 7) is 9.30. The zero-order valence-corrected chi connectivity index (χ0v) is 18.0. The molecule has 0 aliphatic carbocycles. The Bertz CT molecular complexity index is 741. The van der Waals surface area contributed by atoms with Gasteiger partial charge in [-0.1, -0.05) is 49.0 Å². The van der Waals surface area contributed by atoms with Gasteiger partial charge in [0.2, 0.25) is 0 Å². The van der Waals surface area contributed by atoms with E-state index in [0.29, 0.717) is 11.3 Å². The van der Waals surface area contributed by atoms with E-state index in [1.165, 1.54) is 56.6 Å². The topological polar surface area (TPSA) is 32.3 Å². The summed E-state index contributed by atoms with van der Waals surface area (Å²) in [6, 6.07) is 11.2. The number of thioether (sulfide) groups is 1. The van der Waals surface area contributed by atoms with Crippen molar-refractivity contribution in [1.29, 1.82) is 0 Å². The number of likely N-dealkylation sites (tertiary alicyclic amines) is 2. The van der Waals surface area contributed by atoms with E-state index in [9.17, 15) is 0 Å². The molecule has 1 aromatic carbocycles. The van der Waals surface area contributed by atoms with Gasteiger partial charge < -0.3 is 4.90 Å². The molecule has 0 unspecified atom stereocenters. The van der Waals surface area contributed by atoms with Crippen molar-refractivity contribution in [3.8, 4) is 0 Å². The first-order valence-corrected chi connectivity index (χ1v) is 11.8. The van der Waals surface area contributed by atoms with Crippen LogP contribution in [-0.4, -0.2) is 58.7 Å². The summed E-state index contributed by atoms with van der Waals surface area (Å²) in [5.41, 5.74) is 3.23. The summed E-state index contributed by atoms with van der Waals surface area (Å²) in [4.78, 5) is 14.1. The van der Waals surface area contributed by atoms with Crippen LogP contribution in [0.25, 0.3) is 0 Å². The molecule has 1 aromatic heterocycles. The van der Waals surface area contributed by atoms with Gasteiger partial charge in [-0.25, -0.2) is 9.97 Å². The molecule has 5 heteroatoms. The van der Waals surface area contributed by atoms with E-state index < -0.39 is 0 Å². The molecule has 0 N–H and O–H groups in total. The predicted molar refractivity (Wildman–Crippen MR) is 117 cm³/mol. The Morgan fingerprint density at radius 1 is 1.07 bits per heavy atom. The van der Waals surface area contributed by atoms with E-state index in [-0.39, 0.29) is 0 Å². The summed E-state index contributed by atoms with van der Waals surface area (Å²) in [5, 5.41) is 0.857. The minimum absolute atomic E-state index is 0.477. The molecule has 0 bridgehead atoms. The molecular formula is C23H32N4S. The van der Waals surface area contributed by atoms with Crippen LogP contribution in [0.5, 0.6) is 0 Å². The van der Waals surface area contributed by atoms with E-state index in [2.05, 4.69) is 57.0 Å². The fraction of sp³-hybridized carbons (Fsp3) is 0.565. The van der Waals surface area contributed by atoms with Gasteiger partial charge >= 0.3 is 0 Å². The van der Waals surface area contributed by atoms with Crippen LogP contribution in [0.2, 0.25) is 0 Å². The predicted octanol–water partition coefficient (Wildman–Crippen LogP) is 4.29. The van der Waals surface area contributed by atoms with Crippen molar-refractivity contribution in [2.75, 3.05) is 39.0 Å². The Kier molecular flexibility index (Phi) is 6.34. The van der Waals surface area contributed by atoms with E-state index in [1.54, 1.807) is 11.8 Å². The molecule has 2 fully saturated rings. The highest BCUT2D eigenvalue weighted by Gasteiger charge is 2.41. The van der Waals surface area contributed by atoms with Gasteiger partial charge in [-0.05, 0) is 62.0 Å². The van der Waals surface area contributed by atoms with Crippen molar-refractivity contribution in [2.24, 2.45) is 5.41 Å². The molecule has 0 radical (unpaired) electrons. The molecule has 2 aromatic rings. The monoisotopic (exact) mass is 396 g/mol. The average molecular weight is 397 g/mol. The lowest BCUT2D eigenvalue weighted by Gasteiger charge is -2.50. The summed E-state index contributed by atoms with van der Waals surface area (Å²) in [5.74, 6) is 0.675. The van der Waals surface area contributed by atoms with Gasteiger partial charge in [0.1, 0.15) is 0 Å². The van der Waals surface area contributed by atoms with E-state index in [4.69, 9.17) is 0 Å². The number of likely N-dealkylation sites (N-methyl/N-ethyl adjacent to an activating group) is 1. The minimum atomic E-state index is 0.477. The van der Waals surface area contributed by atoms with Gasteiger partial charge in [-0.15, -0.1) is 0 Å². The second kappa shape index (κ2) is 8.93. The molecule has 3 heterocycles. The van der Waals surface area contributed by atoms with Crippen LogP contribution in [0.15, 0.2) is 47.9 Å². The van der Waals surface area contributed by atoms with Gasteiger partial charge in [0.25, 0.3) is 0 Å². The second-order valence-corrected chi connectivity index (χ2v) is 9.27. The van der Waals surface area contributed by atoms with Crippen molar-refractivity contribution < 1.29 is 0 Å². The maximum Gasteiger partial charge on any atom is 0.187 e. The number of hydrogen-bond donors (Lipinski definition) is 0. The molecule has 2 aliphatic rings. The Morgan fingerprint density at radius 3 is 2.43 bits per heavy atom. The summed E-state index contributed by atoms with van der Waals surface area (Å²) >= 11 is 1.60. The molecule has 0 amide bonds. The van der Waals surface area contributed by atoms with E-state index >= 15 is 0 Å². The number of piperidine rings is 2. The van der Waals surface area contributed by atoms with Crippen molar-refractivity contribution in [1.82, 2.24) is 19.8 Å². The Morgan fingerprint density at radius 2 is 1.79 bits per heavy atom. The highest BCUT2D eigenvalue weighted by atomic mass is 32.2. The van der Waals surface area contributed by atoms with Gasteiger partial charge in [0, 0.05) is 37.6 Å². The number of hydrogen-bond acceptors (Lipinski definition) is 5. The molecule has 2 saturated heterocycles. The Balaban J connectivity index is 1.40. The fourth-order valence-corrected chi connectivity index (χ4v) is 5.34. The van der Waals surface area contributed by atoms with Crippen LogP contribution in [0.1, 0.15) is 43.2 Å². The molecule has 4 nitrogen and oxygen atoms in total. The molecule has 1 spiro atoms. The third kappa shape index (κ3) is 4.58. The number of nitrogens with zero attached hydrogens (tertiary/aromatic N) is 4. The summed E-state index contributed by atoms with van der Waals surface area (Å²) < 4.78 is 0. The first-order chi connectivity index (χ1) is 13.7. The molecule has 4 rings (SSSR count). The normalized spacial score (nSPS) is 23.1. The minimum Gasteiger partial charge on any atom is -0.302 e. The SMILES string of the molecule is CCN1C[C@@H](c2ccccc2)CC2(CCN(Cc3cnc(SC)nc3)CC2)C1. The quantitative estimate of drug-likeness (QED) is 0.556. The third-order valence-electron chi connectivity index (χ3n) is 6.62. The number of rotatable bonds is 5. The average Bonchev–Trinajstić information content (AvgIpc) is 2.76. The largest absolute Gasteiger partial charge is 0.302 e. The fourth-order valence-electron chi connectivity index (χ4n) is 5.03. The van der Waals surface area contributed by atoms with Gasteiger partial charge in [-0.3, -0.25) is 4.90 Å². The first-order valence-electron chi connectivity index (χ1n) is 10.5. The maximum atomic E-state index is 4.43. The standard InChI is InChI=1S/C23H32N4S/c1-3-26-17-21(20-7-5-4-6-8-20)13-23(18-26)9-11-27(12-10-23)16-19-14-24-22(28-2)25-15-19/h4-8,14-15,21H,3,9-13,16-18H2,1-2H3/t21-/m0/s1. The van der Waals surface area contributed by atoms with Crippen LogP contribution in [0.4, 0.5) is 0 Å². The molecular weight excluding hydrogens is 364 g/mol. The second-order valence-electron chi connectivity index (χ2n) is 8.49. The molecule has 1 atom stereocenters. The molecule has 0 saturated carbocycles. The van der Waals surface area contributed by atoms with E-state index in [0.717, 1.165) is 18.2 Å². The number of aromatic nitrogens is 2. The zero-order chi connectivity index (χ0) is 19.4. The van der Waals surface area contributed by atoms with Gasteiger partial charge in [0.15, 0.2) is 5.16 Å². The summed E-state index contributed by atoms with van der Waals surface area (Å²) in [7, 11) is 0. The van der Waals surface area contributed by atoms with Crippen LogP contribution in [0.3, 0.4) is 0 Å². The van der Waals surface area contributed by atoms with Crippen LogP contribution in [-0.2, 0) is 6.54 Å². The first kappa shape index (κ1) is 19.9. The molecule has 150 valence electrons. The lowest BCUT2D eigenvalue weighted by Crippen LogP contribution is -2.51. The van der Waals surface area contributed by atoms with E-state index in [1.807, 2.05) is 18.6 Å². The van der Waals surface area contributed by atoms with Crippen molar-refractivity contribution in [3.05, 3.63) is 53.9 Å². The molecule has 28 heavy (non-hydrogen) atoms. The lowest BCUT2D eigenvalue weighted by molar-refractivity contribution is 0.0137. The van der Waals surface area contributed by atoms with Crippen molar-refractivity contribution >= 4 is 11.8 Å². The van der Waals surface area contributed by atoms with Crippen molar-refractivity contribution in [2.45, 2.75) is 43.8 Å². The van der Waals surface area contributed by atoms with Crippen LogP contribution < -0.4 is 0 Å². The van der Waals surface area contributed by atoms with Crippen LogP contribution >= 0.6 is 11.8 Å². The Hall–Kier alpha value is -1.43. The highest BCUT2D eigenvalue weighted by Crippen LogP contribution is 2.45.